The Balaban J connectivity index is 2.56. The van der Waals surface area contributed by atoms with Crippen LogP contribution in [0.2, 0.25) is 0 Å². The van der Waals surface area contributed by atoms with Gasteiger partial charge >= 0.3 is 0 Å². The van der Waals surface area contributed by atoms with Crippen LogP contribution in [0.15, 0.2) is 27.9 Å². The van der Waals surface area contributed by atoms with Crippen LogP contribution in [0.1, 0.15) is 12.7 Å². The second-order valence-electron chi connectivity index (χ2n) is 2.12. The molecule has 0 aromatic carbocycles. The quantitative estimate of drug-likeness (QED) is 0.378. The van der Waals surface area contributed by atoms with Crippen molar-refractivity contribution >= 4 is 5.71 Å². The highest BCUT2D eigenvalue weighted by atomic mass is 16.3. The van der Waals surface area contributed by atoms with Gasteiger partial charge in [0.05, 0.1) is 6.26 Å². The molecule has 10 heavy (non-hydrogen) atoms. The van der Waals surface area contributed by atoms with E-state index in [0.29, 0.717) is 6.42 Å². The van der Waals surface area contributed by atoms with E-state index in [0.717, 1.165) is 11.5 Å². The molecular weight excluding hydrogens is 128 g/mol. The molecule has 0 saturated heterocycles. The third-order valence-corrected chi connectivity index (χ3v) is 1.23. The van der Waals surface area contributed by atoms with Crippen LogP contribution in [0.25, 0.3) is 0 Å². The number of rotatable bonds is 2. The summed E-state index contributed by atoms with van der Waals surface area (Å²) in [5.41, 5.74) is 0.870. The minimum absolute atomic E-state index is 0.698. The maximum absolute atomic E-state index is 5.07. The highest BCUT2D eigenvalue weighted by Gasteiger charge is 1.96. The van der Waals surface area contributed by atoms with E-state index in [9.17, 15) is 0 Å². The summed E-state index contributed by atoms with van der Waals surface area (Å²) in [5.74, 6) is 5.93. The number of hydrazone groups is 1. The van der Waals surface area contributed by atoms with Gasteiger partial charge in [-0.2, -0.15) is 5.10 Å². The molecule has 2 N–H and O–H groups in total. The molecular formula is C7H10N2O. The van der Waals surface area contributed by atoms with Gasteiger partial charge in [0.2, 0.25) is 0 Å². The van der Waals surface area contributed by atoms with Crippen LogP contribution >= 0.6 is 0 Å². The first kappa shape index (κ1) is 6.86. The van der Waals surface area contributed by atoms with E-state index in [1.807, 2.05) is 19.1 Å². The Morgan fingerprint density at radius 1 is 1.80 bits per heavy atom. The van der Waals surface area contributed by atoms with E-state index in [1.165, 1.54) is 0 Å². The number of hydrogen-bond donors (Lipinski definition) is 1. The summed E-state index contributed by atoms with van der Waals surface area (Å²) in [5, 5.41) is 3.52. The minimum Gasteiger partial charge on any atom is -0.469 e. The Hall–Kier alpha value is -1.25. The van der Waals surface area contributed by atoms with Crippen LogP contribution in [0.3, 0.4) is 0 Å². The van der Waals surface area contributed by atoms with Gasteiger partial charge in [-0.15, -0.1) is 0 Å². The van der Waals surface area contributed by atoms with Crippen LogP contribution < -0.4 is 5.84 Å². The first-order valence-corrected chi connectivity index (χ1v) is 3.08. The van der Waals surface area contributed by atoms with Crippen molar-refractivity contribution in [3.8, 4) is 0 Å². The lowest BCUT2D eigenvalue weighted by atomic mass is 10.2. The monoisotopic (exact) mass is 138 g/mol. The lowest BCUT2D eigenvalue weighted by Crippen LogP contribution is -1.99. The zero-order valence-corrected chi connectivity index (χ0v) is 5.87. The van der Waals surface area contributed by atoms with Gasteiger partial charge in [-0.25, -0.2) is 0 Å². The fourth-order valence-corrected chi connectivity index (χ4v) is 0.711. The molecule has 3 heteroatoms. The molecule has 0 spiro atoms. The first-order valence-electron chi connectivity index (χ1n) is 3.08. The Bertz CT molecular complexity index is 214. The van der Waals surface area contributed by atoms with Crippen LogP contribution in [-0.2, 0) is 6.42 Å². The van der Waals surface area contributed by atoms with E-state index in [4.69, 9.17) is 10.3 Å². The van der Waals surface area contributed by atoms with Gasteiger partial charge in [0.25, 0.3) is 0 Å². The van der Waals surface area contributed by atoms with Crippen LogP contribution in [0.5, 0.6) is 0 Å². The van der Waals surface area contributed by atoms with E-state index < -0.39 is 0 Å². The summed E-state index contributed by atoms with van der Waals surface area (Å²) in [6, 6.07) is 3.74. The van der Waals surface area contributed by atoms with Gasteiger partial charge in [-0.3, -0.25) is 0 Å². The van der Waals surface area contributed by atoms with Crippen molar-refractivity contribution in [2.24, 2.45) is 10.9 Å². The van der Waals surface area contributed by atoms with E-state index in [2.05, 4.69) is 5.10 Å². The van der Waals surface area contributed by atoms with Crippen molar-refractivity contribution in [3.63, 3.8) is 0 Å². The average molecular weight is 138 g/mol. The number of hydrogen-bond acceptors (Lipinski definition) is 3. The number of furan rings is 1. The first-order chi connectivity index (χ1) is 4.83. The fourth-order valence-electron chi connectivity index (χ4n) is 0.711. The lowest BCUT2D eigenvalue weighted by molar-refractivity contribution is 0.526. The predicted molar refractivity (Wildman–Crippen MR) is 39.7 cm³/mol. The highest BCUT2D eigenvalue weighted by Crippen LogP contribution is 2.01. The van der Waals surface area contributed by atoms with Crippen molar-refractivity contribution in [2.75, 3.05) is 0 Å². The van der Waals surface area contributed by atoms with Crippen LogP contribution in [0, 0.1) is 0 Å². The molecule has 1 aromatic rings. The van der Waals surface area contributed by atoms with Crippen molar-refractivity contribution in [3.05, 3.63) is 24.2 Å². The zero-order chi connectivity index (χ0) is 7.40. The third-order valence-electron chi connectivity index (χ3n) is 1.23. The van der Waals surface area contributed by atoms with E-state index >= 15 is 0 Å². The molecule has 0 aliphatic rings. The van der Waals surface area contributed by atoms with E-state index in [1.54, 1.807) is 6.26 Å². The molecule has 0 radical (unpaired) electrons. The Morgan fingerprint density at radius 3 is 3.10 bits per heavy atom. The molecule has 0 amide bonds. The third kappa shape index (κ3) is 1.62. The molecule has 1 rings (SSSR count). The van der Waals surface area contributed by atoms with Gasteiger partial charge in [0.15, 0.2) is 0 Å². The summed E-state index contributed by atoms with van der Waals surface area (Å²) in [4.78, 5) is 0. The number of nitrogens with zero attached hydrogens (tertiary/aromatic N) is 1. The Morgan fingerprint density at radius 2 is 2.60 bits per heavy atom. The van der Waals surface area contributed by atoms with Crippen molar-refractivity contribution in [1.29, 1.82) is 0 Å². The Kier molecular flexibility index (Phi) is 2.10. The molecule has 0 aliphatic heterocycles. The van der Waals surface area contributed by atoms with Gasteiger partial charge in [0, 0.05) is 12.1 Å². The molecule has 3 nitrogen and oxygen atoms in total. The molecule has 0 atom stereocenters. The molecule has 0 saturated carbocycles. The average Bonchev–Trinajstić information content (AvgIpc) is 2.40. The van der Waals surface area contributed by atoms with Gasteiger partial charge in [0.1, 0.15) is 5.76 Å². The van der Waals surface area contributed by atoms with Gasteiger partial charge in [-0.05, 0) is 19.1 Å². The van der Waals surface area contributed by atoms with Gasteiger partial charge < -0.3 is 10.3 Å². The maximum Gasteiger partial charge on any atom is 0.109 e. The molecule has 1 aromatic heterocycles. The highest BCUT2D eigenvalue weighted by molar-refractivity contribution is 5.83. The van der Waals surface area contributed by atoms with Crippen molar-refractivity contribution in [1.82, 2.24) is 0 Å². The van der Waals surface area contributed by atoms with Crippen LogP contribution in [0.4, 0.5) is 0 Å². The predicted octanol–water partition coefficient (Wildman–Crippen LogP) is 1.16. The summed E-state index contributed by atoms with van der Waals surface area (Å²) in [6.07, 6.45) is 2.34. The second kappa shape index (κ2) is 3.06. The second-order valence-corrected chi connectivity index (χ2v) is 2.12. The molecule has 1 heterocycles. The van der Waals surface area contributed by atoms with E-state index in [-0.39, 0.29) is 0 Å². The number of nitrogens with two attached hydrogens (primary N) is 1. The minimum atomic E-state index is 0.698. The topological polar surface area (TPSA) is 51.5 Å². The van der Waals surface area contributed by atoms with Crippen molar-refractivity contribution in [2.45, 2.75) is 13.3 Å². The lowest BCUT2D eigenvalue weighted by Gasteiger charge is -1.92. The largest absolute Gasteiger partial charge is 0.469 e. The summed E-state index contributed by atoms with van der Waals surface area (Å²) < 4.78 is 5.07. The molecule has 0 unspecified atom stereocenters. The van der Waals surface area contributed by atoms with Crippen molar-refractivity contribution < 1.29 is 4.42 Å². The molecule has 0 bridgehead atoms. The summed E-state index contributed by atoms with van der Waals surface area (Å²) >= 11 is 0. The van der Waals surface area contributed by atoms with Crippen LogP contribution in [-0.4, -0.2) is 5.71 Å². The maximum atomic E-state index is 5.07. The normalized spacial score (nSPS) is 11.9. The SMILES string of the molecule is C/C(Cc1ccco1)=N/N. The smallest absolute Gasteiger partial charge is 0.109 e. The molecule has 0 aliphatic carbocycles. The summed E-state index contributed by atoms with van der Waals surface area (Å²) in [7, 11) is 0. The summed E-state index contributed by atoms with van der Waals surface area (Å²) in [6.45, 7) is 1.86. The molecule has 0 fully saturated rings. The fraction of sp³-hybridized carbons (Fsp3) is 0.286. The standard InChI is InChI=1S/C7H10N2O/c1-6(9-8)5-7-3-2-4-10-7/h2-4H,5,8H2,1H3/b9-6-. The zero-order valence-electron chi connectivity index (χ0n) is 5.87. The molecule has 54 valence electrons. The van der Waals surface area contributed by atoms with Gasteiger partial charge in [-0.1, -0.05) is 0 Å². The Labute approximate surface area is 59.5 Å².